The number of halogens is 1. The van der Waals surface area contributed by atoms with E-state index in [0.29, 0.717) is 0 Å². The van der Waals surface area contributed by atoms with E-state index in [-0.39, 0.29) is 0 Å². The van der Waals surface area contributed by atoms with Crippen molar-refractivity contribution in [1.29, 1.82) is 0 Å². The lowest BCUT2D eigenvalue weighted by atomic mass is 10.1. The minimum absolute atomic E-state index is 0.722. The molecule has 0 radical (unpaired) electrons. The molecule has 5 heteroatoms. The zero-order chi connectivity index (χ0) is 17.6. The lowest BCUT2D eigenvalue weighted by molar-refractivity contribution is 0.865. The van der Waals surface area contributed by atoms with Crippen LogP contribution in [0.4, 0.5) is 0 Å². The Morgan fingerprint density at radius 3 is 2.32 bits per heavy atom. The summed E-state index contributed by atoms with van der Waals surface area (Å²) in [6.07, 6.45) is 3.38. The minimum atomic E-state index is 0.722. The molecule has 0 aliphatic rings. The first-order valence-corrected chi connectivity index (χ1v) is 10.0. The molecule has 2 aromatic carbocycles. The maximum atomic E-state index is 6.03. The molecule has 0 saturated heterocycles. The van der Waals surface area contributed by atoms with E-state index < -0.39 is 0 Å². The van der Waals surface area contributed by atoms with Crippen LogP contribution in [0.5, 0.6) is 0 Å². The molecule has 130 valence electrons. The van der Waals surface area contributed by atoms with Crippen LogP contribution in [0.1, 0.15) is 32.3 Å². The zero-order valence-electron chi connectivity index (χ0n) is 14.6. The quantitative estimate of drug-likeness (QED) is 0.374. The number of rotatable bonds is 7. The Kier molecular flexibility index (Phi) is 6.16. The van der Waals surface area contributed by atoms with Gasteiger partial charge in [0.2, 0.25) is 0 Å². The second-order valence-electron chi connectivity index (χ2n) is 5.87. The fourth-order valence-corrected chi connectivity index (χ4v) is 3.73. The molecule has 25 heavy (non-hydrogen) atoms. The Bertz CT molecular complexity index is 810. The summed E-state index contributed by atoms with van der Waals surface area (Å²) in [7, 11) is 0. The Hall–Kier alpha value is -1.78. The highest BCUT2D eigenvalue weighted by Gasteiger charge is 2.16. The van der Waals surface area contributed by atoms with E-state index in [9.17, 15) is 0 Å². The van der Waals surface area contributed by atoms with Gasteiger partial charge in [-0.25, -0.2) is 0 Å². The molecule has 0 aliphatic carbocycles. The average molecular weight is 372 g/mol. The fraction of sp³-hybridized carbons (Fsp3) is 0.300. The first-order chi connectivity index (χ1) is 12.2. The van der Waals surface area contributed by atoms with Crippen molar-refractivity contribution < 1.29 is 0 Å². The highest BCUT2D eigenvalue weighted by Crippen LogP contribution is 2.29. The summed E-state index contributed by atoms with van der Waals surface area (Å²) < 4.78 is 2.14. The smallest absolute Gasteiger partial charge is 0.196 e. The third kappa shape index (κ3) is 4.25. The molecule has 0 bridgehead atoms. The number of thioether (sulfide) groups is 1. The number of hydrogen-bond donors (Lipinski definition) is 0. The standard InChI is InChI=1S/C20H22ClN3S/c1-3-5-14-25-20-23-22-19(16-8-10-17(21)11-9-16)24(20)18-12-6-15(4-2)7-13-18/h6-13H,3-5,14H2,1-2H3. The van der Waals surface area contributed by atoms with Gasteiger partial charge in [0.1, 0.15) is 0 Å². The number of nitrogens with zero attached hydrogens (tertiary/aromatic N) is 3. The topological polar surface area (TPSA) is 30.7 Å². The summed E-state index contributed by atoms with van der Waals surface area (Å²) in [6.45, 7) is 4.37. The van der Waals surface area contributed by atoms with Crippen molar-refractivity contribution in [3.05, 3.63) is 59.1 Å². The van der Waals surface area contributed by atoms with E-state index in [0.717, 1.165) is 39.4 Å². The Morgan fingerprint density at radius 1 is 0.960 bits per heavy atom. The van der Waals surface area contributed by atoms with Gasteiger partial charge in [-0.1, -0.05) is 55.8 Å². The molecule has 0 saturated carbocycles. The van der Waals surface area contributed by atoms with Crippen molar-refractivity contribution in [3.8, 4) is 17.1 Å². The van der Waals surface area contributed by atoms with Crippen molar-refractivity contribution in [3.63, 3.8) is 0 Å². The van der Waals surface area contributed by atoms with Gasteiger partial charge >= 0.3 is 0 Å². The largest absolute Gasteiger partial charge is 0.270 e. The van der Waals surface area contributed by atoms with Gasteiger partial charge in [0.05, 0.1) is 0 Å². The third-order valence-corrected chi connectivity index (χ3v) is 5.33. The maximum Gasteiger partial charge on any atom is 0.196 e. The highest BCUT2D eigenvalue weighted by molar-refractivity contribution is 7.99. The first kappa shape index (κ1) is 18.0. The van der Waals surface area contributed by atoms with Crippen LogP contribution < -0.4 is 0 Å². The van der Waals surface area contributed by atoms with E-state index in [4.69, 9.17) is 11.6 Å². The number of aryl methyl sites for hydroxylation is 1. The van der Waals surface area contributed by atoms with Gasteiger partial charge in [-0.2, -0.15) is 0 Å². The van der Waals surface area contributed by atoms with Crippen LogP contribution in [0.2, 0.25) is 5.02 Å². The second-order valence-corrected chi connectivity index (χ2v) is 7.37. The molecule has 0 atom stereocenters. The molecule has 0 aliphatic heterocycles. The predicted molar refractivity (Wildman–Crippen MR) is 107 cm³/mol. The summed E-state index contributed by atoms with van der Waals surface area (Å²) in [4.78, 5) is 0. The first-order valence-electron chi connectivity index (χ1n) is 8.66. The van der Waals surface area contributed by atoms with Crippen LogP contribution in [-0.4, -0.2) is 20.5 Å². The van der Waals surface area contributed by atoms with Gasteiger partial charge in [0.15, 0.2) is 11.0 Å². The fourth-order valence-electron chi connectivity index (χ4n) is 2.57. The van der Waals surface area contributed by atoms with Crippen molar-refractivity contribution in [2.75, 3.05) is 5.75 Å². The zero-order valence-corrected chi connectivity index (χ0v) is 16.1. The molecule has 0 amide bonds. The number of unbranched alkanes of at least 4 members (excludes halogenated alkanes) is 1. The predicted octanol–water partition coefficient (Wildman–Crippen LogP) is 6.04. The highest BCUT2D eigenvalue weighted by atomic mass is 35.5. The van der Waals surface area contributed by atoms with Gasteiger partial charge < -0.3 is 0 Å². The number of aromatic nitrogens is 3. The molecule has 3 rings (SSSR count). The molecule has 3 aromatic rings. The molecule has 0 fully saturated rings. The van der Waals surface area contributed by atoms with Gasteiger partial charge in [-0.15, -0.1) is 10.2 Å². The van der Waals surface area contributed by atoms with Gasteiger partial charge in [-0.05, 0) is 54.8 Å². The average Bonchev–Trinajstić information content (AvgIpc) is 3.06. The molecule has 3 nitrogen and oxygen atoms in total. The van der Waals surface area contributed by atoms with Crippen molar-refractivity contribution in [2.24, 2.45) is 0 Å². The van der Waals surface area contributed by atoms with E-state index in [1.807, 2.05) is 24.3 Å². The van der Waals surface area contributed by atoms with Gasteiger partial charge in [-0.3, -0.25) is 4.57 Å². The van der Waals surface area contributed by atoms with E-state index in [1.54, 1.807) is 11.8 Å². The lowest BCUT2D eigenvalue weighted by Crippen LogP contribution is -2.00. The Balaban J connectivity index is 2.03. The van der Waals surface area contributed by atoms with Gasteiger partial charge in [0, 0.05) is 22.0 Å². The van der Waals surface area contributed by atoms with E-state index in [1.165, 1.54) is 18.4 Å². The number of hydrogen-bond acceptors (Lipinski definition) is 3. The van der Waals surface area contributed by atoms with Crippen molar-refractivity contribution >= 4 is 23.4 Å². The molecular weight excluding hydrogens is 350 g/mol. The molecule has 1 heterocycles. The van der Waals surface area contributed by atoms with Crippen LogP contribution in [0.3, 0.4) is 0 Å². The van der Waals surface area contributed by atoms with Crippen LogP contribution in [0, 0.1) is 0 Å². The molecule has 0 unspecified atom stereocenters. The summed E-state index contributed by atoms with van der Waals surface area (Å²) in [6, 6.07) is 16.4. The summed E-state index contributed by atoms with van der Waals surface area (Å²) >= 11 is 7.79. The van der Waals surface area contributed by atoms with Crippen LogP contribution in [0.25, 0.3) is 17.1 Å². The molecule has 0 spiro atoms. The van der Waals surface area contributed by atoms with Crippen LogP contribution >= 0.6 is 23.4 Å². The minimum Gasteiger partial charge on any atom is -0.270 e. The van der Waals surface area contributed by atoms with Crippen molar-refractivity contribution in [1.82, 2.24) is 14.8 Å². The van der Waals surface area contributed by atoms with Crippen LogP contribution in [-0.2, 0) is 6.42 Å². The Morgan fingerprint density at radius 2 is 1.68 bits per heavy atom. The van der Waals surface area contributed by atoms with E-state index >= 15 is 0 Å². The SMILES string of the molecule is CCCCSc1nnc(-c2ccc(Cl)cc2)n1-c1ccc(CC)cc1. The summed E-state index contributed by atoms with van der Waals surface area (Å²) in [5, 5.41) is 10.6. The molecule has 0 N–H and O–H groups in total. The van der Waals surface area contributed by atoms with Crippen molar-refractivity contribution in [2.45, 2.75) is 38.3 Å². The second kappa shape index (κ2) is 8.54. The lowest BCUT2D eigenvalue weighted by Gasteiger charge is -2.11. The summed E-state index contributed by atoms with van der Waals surface area (Å²) in [5.41, 5.74) is 3.43. The monoisotopic (exact) mass is 371 g/mol. The van der Waals surface area contributed by atoms with Crippen LogP contribution in [0.15, 0.2) is 53.7 Å². The molecular formula is C20H22ClN3S. The normalized spacial score (nSPS) is 11.0. The number of benzene rings is 2. The summed E-state index contributed by atoms with van der Waals surface area (Å²) in [5.74, 6) is 1.89. The Labute approximate surface area is 158 Å². The van der Waals surface area contributed by atoms with E-state index in [2.05, 4.69) is 52.9 Å². The molecule has 1 aromatic heterocycles. The van der Waals surface area contributed by atoms with Gasteiger partial charge in [0.25, 0.3) is 0 Å². The maximum absolute atomic E-state index is 6.03. The third-order valence-electron chi connectivity index (χ3n) is 4.07.